The third kappa shape index (κ3) is 2.68. The average molecular weight is 251 g/mol. The molecule has 7 heteroatoms. The molecule has 2 aromatic rings. The largest absolute Gasteiger partial charge is 0.370 e. The van der Waals surface area contributed by atoms with E-state index in [1.165, 1.54) is 16.3 Å². The number of H-pyrrole nitrogens is 1. The Hall–Kier alpha value is -1.76. The second kappa shape index (κ2) is 5.05. The number of rotatable bonds is 4. The van der Waals surface area contributed by atoms with Gasteiger partial charge in [0.25, 0.3) is 0 Å². The predicted molar refractivity (Wildman–Crippen MR) is 66.4 cm³/mol. The van der Waals surface area contributed by atoms with Crippen molar-refractivity contribution in [2.24, 2.45) is 7.05 Å². The van der Waals surface area contributed by atoms with Crippen LogP contribution in [0.5, 0.6) is 0 Å². The molecule has 90 valence electrons. The zero-order valence-corrected chi connectivity index (χ0v) is 10.4. The van der Waals surface area contributed by atoms with E-state index in [-0.39, 0.29) is 5.69 Å². The van der Waals surface area contributed by atoms with Crippen molar-refractivity contribution >= 4 is 17.6 Å². The van der Waals surface area contributed by atoms with Gasteiger partial charge < -0.3 is 5.32 Å². The molecule has 0 radical (unpaired) electrons. The summed E-state index contributed by atoms with van der Waals surface area (Å²) < 4.78 is 1.47. The number of aromatic amines is 1. The Morgan fingerprint density at radius 2 is 2.41 bits per heavy atom. The highest BCUT2D eigenvalue weighted by molar-refractivity contribution is 7.99. The summed E-state index contributed by atoms with van der Waals surface area (Å²) in [5, 5.41) is 10.1. The monoisotopic (exact) mass is 251 g/mol. The number of anilines is 1. The number of aromatic nitrogens is 4. The molecule has 2 rings (SSSR count). The number of hydrogen-bond acceptors (Lipinski definition) is 5. The Morgan fingerprint density at radius 1 is 1.59 bits per heavy atom. The summed E-state index contributed by atoms with van der Waals surface area (Å²) >= 11 is 1.42. The highest BCUT2D eigenvalue weighted by atomic mass is 32.2. The molecule has 0 atom stereocenters. The Bertz CT molecular complexity index is 562. The first-order chi connectivity index (χ1) is 8.20. The Labute approximate surface area is 102 Å². The lowest BCUT2D eigenvalue weighted by Gasteiger charge is -2.04. The van der Waals surface area contributed by atoms with E-state index in [1.807, 2.05) is 19.1 Å². The molecular weight excluding hydrogens is 238 g/mol. The van der Waals surface area contributed by atoms with E-state index in [1.54, 1.807) is 13.2 Å². The van der Waals surface area contributed by atoms with Crippen LogP contribution in [0.1, 0.15) is 6.92 Å². The summed E-state index contributed by atoms with van der Waals surface area (Å²) in [6.07, 6.45) is 1.73. The van der Waals surface area contributed by atoms with Crippen LogP contribution in [0, 0.1) is 0 Å². The first-order valence-electron chi connectivity index (χ1n) is 5.20. The highest BCUT2D eigenvalue weighted by Crippen LogP contribution is 2.25. The third-order valence-electron chi connectivity index (χ3n) is 2.14. The van der Waals surface area contributed by atoms with E-state index >= 15 is 0 Å². The molecule has 0 saturated carbocycles. The fourth-order valence-corrected chi connectivity index (χ4v) is 2.10. The highest BCUT2D eigenvalue weighted by Gasteiger charge is 2.06. The van der Waals surface area contributed by atoms with Crippen LogP contribution in [0.15, 0.2) is 33.2 Å². The van der Waals surface area contributed by atoms with Gasteiger partial charge in [-0.2, -0.15) is 0 Å². The molecule has 0 aliphatic carbocycles. The van der Waals surface area contributed by atoms with E-state index in [0.717, 1.165) is 17.3 Å². The van der Waals surface area contributed by atoms with Crippen LogP contribution in [0.3, 0.4) is 0 Å². The van der Waals surface area contributed by atoms with Crippen LogP contribution in [-0.4, -0.2) is 26.3 Å². The molecule has 0 amide bonds. The SMILES string of the molecule is CCNc1cc(Sc2n[nH]c(=O)n2C)ccn1. The van der Waals surface area contributed by atoms with E-state index in [9.17, 15) is 4.79 Å². The molecule has 0 aliphatic rings. The van der Waals surface area contributed by atoms with E-state index in [0.29, 0.717) is 5.16 Å². The van der Waals surface area contributed by atoms with Gasteiger partial charge in [0, 0.05) is 24.7 Å². The van der Waals surface area contributed by atoms with Gasteiger partial charge in [-0.25, -0.2) is 14.9 Å². The van der Waals surface area contributed by atoms with Crippen molar-refractivity contribution in [1.29, 1.82) is 0 Å². The molecule has 2 N–H and O–H groups in total. The van der Waals surface area contributed by atoms with Crippen molar-refractivity contribution in [1.82, 2.24) is 19.7 Å². The van der Waals surface area contributed by atoms with Gasteiger partial charge in [0.1, 0.15) is 5.82 Å². The maximum absolute atomic E-state index is 11.2. The summed E-state index contributed by atoms with van der Waals surface area (Å²) in [6, 6.07) is 3.80. The van der Waals surface area contributed by atoms with Gasteiger partial charge in [0.2, 0.25) is 0 Å². The number of nitrogens with one attached hydrogen (secondary N) is 2. The third-order valence-corrected chi connectivity index (χ3v) is 3.17. The van der Waals surface area contributed by atoms with Crippen LogP contribution in [-0.2, 0) is 7.05 Å². The standard InChI is InChI=1S/C10H13N5OS/c1-3-11-8-6-7(4-5-12-8)17-10-14-13-9(16)15(10)2/h4-6H,3H2,1-2H3,(H,11,12)(H,13,16). The lowest BCUT2D eigenvalue weighted by atomic mass is 10.4. The van der Waals surface area contributed by atoms with E-state index < -0.39 is 0 Å². The second-order valence-corrected chi connectivity index (χ2v) is 4.42. The van der Waals surface area contributed by atoms with Gasteiger partial charge in [-0.05, 0) is 30.8 Å². The van der Waals surface area contributed by atoms with Crippen LogP contribution >= 0.6 is 11.8 Å². The van der Waals surface area contributed by atoms with Crippen LogP contribution in [0.2, 0.25) is 0 Å². The molecule has 0 bridgehead atoms. The van der Waals surface area contributed by atoms with Crippen molar-refractivity contribution in [3.8, 4) is 0 Å². The van der Waals surface area contributed by atoms with Gasteiger partial charge >= 0.3 is 5.69 Å². The van der Waals surface area contributed by atoms with Crippen molar-refractivity contribution in [3.05, 3.63) is 28.8 Å². The molecule has 0 aliphatic heterocycles. The molecule has 0 spiro atoms. The summed E-state index contributed by atoms with van der Waals surface area (Å²) in [6.45, 7) is 2.83. The Morgan fingerprint density at radius 3 is 3.06 bits per heavy atom. The van der Waals surface area contributed by atoms with Crippen molar-refractivity contribution < 1.29 is 0 Å². The smallest absolute Gasteiger partial charge is 0.343 e. The lowest BCUT2D eigenvalue weighted by Crippen LogP contribution is -2.12. The maximum atomic E-state index is 11.2. The van der Waals surface area contributed by atoms with Gasteiger partial charge in [-0.3, -0.25) is 4.57 Å². The van der Waals surface area contributed by atoms with E-state index in [2.05, 4.69) is 20.5 Å². The van der Waals surface area contributed by atoms with Crippen LogP contribution in [0.25, 0.3) is 0 Å². The van der Waals surface area contributed by atoms with Gasteiger partial charge in [-0.15, -0.1) is 5.10 Å². The van der Waals surface area contributed by atoms with Crippen molar-refractivity contribution in [2.45, 2.75) is 17.0 Å². The van der Waals surface area contributed by atoms with Gasteiger partial charge in [-0.1, -0.05) is 0 Å². The minimum absolute atomic E-state index is 0.214. The summed E-state index contributed by atoms with van der Waals surface area (Å²) in [5.74, 6) is 0.818. The van der Waals surface area contributed by atoms with Crippen molar-refractivity contribution in [3.63, 3.8) is 0 Å². The molecule has 0 aromatic carbocycles. The van der Waals surface area contributed by atoms with Gasteiger partial charge in [0.05, 0.1) is 0 Å². The van der Waals surface area contributed by atoms with Crippen LogP contribution in [0.4, 0.5) is 5.82 Å². The molecule has 2 aromatic heterocycles. The first-order valence-corrected chi connectivity index (χ1v) is 6.01. The zero-order valence-electron chi connectivity index (χ0n) is 9.60. The number of nitrogens with zero attached hydrogens (tertiary/aromatic N) is 3. The van der Waals surface area contributed by atoms with E-state index in [4.69, 9.17) is 0 Å². The molecular formula is C10H13N5OS. The van der Waals surface area contributed by atoms with Gasteiger partial charge in [0.15, 0.2) is 5.16 Å². The average Bonchev–Trinajstić information content (AvgIpc) is 2.62. The topological polar surface area (TPSA) is 75.6 Å². The maximum Gasteiger partial charge on any atom is 0.343 e. The quantitative estimate of drug-likeness (QED) is 0.850. The predicted octanol–water partition coefficient (Wildman–Crippen LogP) is 1.09. The summed E-state index contributed by atoms with van der Waals surface area (Å²) in [5.41, 5.74) is -0.214. The fourth-order valence-electron chi connectivity index (χ4n) is 1.28. The molecule has 2 heterocycles. The molecule has 6 nitrogen and oxygen atoms in total. The minimum Gasteiger partial charge on any atom is -0.370 e. The Kier molecular flexibility index (Phi) is 3.48. The molecule has 0 unspecified atom stereocenters. The van der Waals surface area contributed by atoms with Crippen LogP contribution < -0.4 is 11.0 Å². The molecule has 0 saturated heterocycles. The number of pyridine rings is 1. The van der Waals surface area contributed by atoms with Crippen molar-refractivity contribution in [2.75, 3.05) is 11.9 Å². The zero-order chi connectivity index (χ0) is 12.3. The molecule has 0 fully saturated rings. The lowest BCUT2D eigenvalue weighted by molar-refractivity contribution is 0.766. The second-order valence-electron chi connectivity index (χ2n) is 3.38. The number of hydrogen-bond donors (Lipinski definition) is 2. The fraction of sp³-hybridized carbons (Fsp3) is 0.300. The summed E-state index contributed by atoms with van der Waals surface area (Å²) in [4.78, 5) is 16.4. The minimum atomic E-state index is -0.214. The Balaban J connectivity index is 2.21. The molecule has 17 heavy (non-hydrogen) atoms. The first kappa shape index (κ1) is 11.7. The summed E-state index contributed by atoms with van der Waals surface area (Å²) in [7, 11) is 1.68. The normalized spacial score (nSPS) is 10.5.